The number of hydrogen-bond donors (Lipinski definition) is 1. The van der Waals surface area contributed by atoms with Gasteiger partial charge in [-0.05, 0) is 29.8 Å². The molecule has 0 fully saturated rings. The zero-order valence-electron chi connectivity index (χ0n) is 16.4. The van der Waals surface area contributed by atoms with E-state index in [2.05, 4.69) is 20.3 Å². The van der Waals surface area contributed by atoms with Crippen LogP contribution >= 0.6 is 0 Å². The molecule has 0 bridgehead atoms. The summed E-state index contributed by atoms with van der Waals surface area (Å²) >= 11 is 0. The largest absolute Gasteiger partial charge is 0.350 e. The molecule has 0 aliphatic rings. The van der Waals surface area contributed by atoms with Crippen molar-refractivity contribution in [3.8, 4) is 11.3 Å². The van der Waals surface area contributed by atoms with Crippen molar-refractivity contribution in [3.63, 3.8) is 0 Å². The van der Waals surface area contributed by atoms with E-state index in [0.717, 1.165) is 21.4 Å². The van der Waals surface area contributed by atoms with Crippen LogP contribution in [0.25, 0.3) is 22.4 Å². The van der Waals surface area contributed by atoms with Gasteiger partial charge in [-0.2, -0.15) is 0 Å². The van der Waals surface area contributed by atoms with Crippen LogP contribution in [-0.2, 0) is 32.0 Å². The summed E-state index contributed by atoms with van der Waals surface area (Å²) in [6, 6.07) is 7.45. The average molecular weight is 405 g/mol. The molecule has 1 N–H and O–H groups in total. The molecule has 4 heterocycles. The van der Waals surface area contributed by atoms with Gasteiger partial charge in [-0.3, -0.25) is 28.7 Å². The minimum absolute atomic E-state index is 0.0928. The lowest BCUT2D eigenvalue weighted by atomic mass is 10.1. The zero-order chi connectivity index (χ0) is 21.3. The highest BCUT2D eigenvalue weighted by Crippen LogP contribution is 2.16. The highest BCUT2D eigenvalue weighted by molar-refractivity contribution is 5.78. The Balaban J connectivity index is 1.50. The molecule has 0 radical (unpaired) electrons. The van der Waals surface area contributed by atoms with Gasteiger partial charge < -0.3 is 9.88 Å². The fraction of sp³-hybridized carbons (Fsp3) is 0.200. The minimum atomic E-state index is -0.492. The van der Waals surface area contributed by atoms with Crippen molar-refractivity contribution < 1.29 is 4.79 Å². The molecule has 0 unspecified atom stereocenters. The van der Waals surface area contributed by atoms with Crippen molar-refractivity contribution in [1.82, 2.24) is 34.0 Å². The van der Waals surface area contributed by atoms with Crippen LogP contribution < -0.4 is 16.6 Å². The highest BCUT2D eigenvalue weighted by Gasteiger charge is 2.16. The smallest absolute Gasteiger partial charge is 0.332 e. The lowest BCUT2D eigenvalue weighted by molar-refractivity contribution is -0.121. The molecule has 4 rings (SSSR count). The van der Waals surface area contributed by atoms with Gasteiger partial charge in [-0.15, -0.1) is 0 Å². The molecule has 0 saturated carbocycles. The van der Waals surface area contributed by atoms with Crippen molar-refractivity contribution in [2.75, 3.05) is 0 Å². The SMILES string of the molecule is Cn1c(=O)c2c(ncn2CC(=O)NCc2ccnc(-c3cccnc3)c2)n(C)c1=O. The number of nitrogens with zero attached hydrogens (tertiary/aromatic N) is 6. The molecule has 1 amide bonds. The van der Waals surface area contributed by atoms with Gasteiger partial charge in [0.05, 0.1) is 12.0 Å². The van der Waals surface area contributed by atoms with Gasteiger partial charge in [0, 0.05) is 44.8 Å². The molecule has 0 spiro atoms. The van der Waals surface area contributed by atoms with Gasteiger partial charge >= 0.3 is 5.69 Å². The molecule has 0 saturated heterocycles. The first-order valence-electron chi connectivity index (χ1n) is 9.18. The average Bonchev–Trinajstić information content (AvgIpc) is 3.19. The van der Waals surface area contributed by atoms with Crippen LogP contribution in [0, 0.1) is 0 Å². The number of aromatic nitrogens is 6. The Hall–Kier alpha value is -4.08. The topological polar surface area (TPSA) is 117 Å². The van der Waals surface area contributed by atoms with Gasteiger partial charge in [0.2, 0.25) is 5.91 Å². The number of aryl methyl sites for hydroxylation is 1. The molecule has 4 aromatic heterocycles. The summed E-state index contributed by atoms with van der Waals surface area (Å²) in [4.78, 5) is 49.5. The number of carbonyl (C=O) groups excluding carboxylic acids is 1. The summed E-state index contributed by atoms with van der Waals surface area (Å²) in [5.41, 5.74) is 2.02. The number of rotatable bonds is 5. The van der Waals surface area contributed by atoms with Crippen molar-refractivity contribution in [1.29, 1.82) is 0 Å². The van der Waals surface area contributed by atoms with Crippen LogP contribution in [0.3, 0.4) is 0 Å². The summed E-state index contributed by atoms with van der Waals surface area (Å²) in [6.07, 6.45) is 6.48. The molecule has 0 atom stereocenters. The fourth-order valence-corrected chi connectivity index (χ4v) is 3.18. The highest BCUT2D eigenvalue weighted by atomic mass is 16.2. The molecule has 152 valence electrons. The van der Waals surface area contributed by atoms with E-state index in [9.17, 15) is 14.4 Å². The molecule has 0 aliphatic carbocycles. The van der Waals surface area contributed by atoms with E-state index in [4.69, 9.17) is 0 Å². The maximum absolute atomic E-state index is 12.5. The number of hydrogen-bond acceptors (Lipinski definition) is 6. The summed E-state index contributed by atoms with van der Waals surface area (Å²) in [7, 11) is 2.93. The van der Waals surface area contributed by atoms with E-state index in [0.29, 0.717) is 6.54 Å². The van der Waals surface area contributed by atoms with E-state index >= 15 is 0 Å². The predicted molar refractivity (Wildman–Crippen MR) is 110 cm³/mol. The third kappa shape index (κ3) is 3.50. The Labute approximate surface area is 170 Å². The lowest BCUT2D eigenvalue weighted by Gasteiger charge is -2.09. The third-order valence-electron chi connectivity index (χ3n) is 4.80. The van der Waals surface area contributed by atoms with Crippen LogP contribution in [0.1, 0.15) is 5.56 Å². The maximum Gasteiger partial charge on any atom is 0.332 e. The molecule has 0 aliphatic heterocycles. The van der Waals surface area contributed by atoms with E-state index in [1.807, 2.05) is 24.3 Å². The second kappa shape index (κ2) is 7.74. The van der Waals surface area contributed by atoms with Gasteiger partial charge in [0.1, 0.15) is 6.54 Å². The maximum atomic E-state index is 12.5. The fourth-order valence-electron chi connectivity index (χ4n) is 3.18. The molecule has 30 heavy (non-hydrogen) atoms. The molecule has 4 aromatic rings. The van der Waals surface area contributed by atoms with Gasteiger partial charge in [0.15, 0.2) is 11.2 Å². The standard InChI is InChI=1S/C20H19N7O3/c1-25-18-17(19(29)26(2)20(25)30)27(12-24-18)11-16(28)23-9-13-5-7-22-15(8-13)14-4-3-6-21-10-14/h3-8,10,12H,9,11H2,1-2H3,(H,23,28). The molecule has 0 aromatic carbocycles. The van der Waals surface area contributed by atoms with Gasteiger partial charge in [0.25, 0.3) is 5.56 Å². The van der Waals surface area contributed by atoms with Crippen molar-refractivity contribution in [2.45, 2.75) is 13.1 Å². The molecular formula is C20H19N7O3. The number of imidazole rings is 1. The Morgan fingerprint density at radius 3 is 2.70 bits per heavy atom. The second-order valence-electron chi connectivity index (χ2n) is 6.82. The van der Waals surface area contributed by atoms with Crippen LogP contribution in [0.4, 0.5) is 0 Å². The Bertz CT molecular complexity index is 1350. The Kier molecular flexibility index (Phi) is 4.97. The lowest BCUT2D eigenvalue weighted by Crippen LogP contribution is -2.38. The zero-order valence-corrected chi connectivity index (χ0v) is 16.4. The first-order chi connectivity index (χ1) is 14.5. The van der Waals surface area contributed by atoms with E-state index in [1.165, 1.54) is 29.6 Å². The second-order valence-corrected chi connectivity index (χ2v) is 6.82. The van der Waals surface area contributed by atoms with Crippen molar-refractivity contribution >= 4 is 17.1 Å². The number of fused-ring (bicyclic) bond motifs is 1. The van der Waals surface area contributed by atoms with Crippen molar-refractivity contribution in [3.05, 3.63) is 75.6 Å². The first kappa shape index (κ1) is 19.2. The monoisotopic (exact) mass is 405 g/mol. The van der Waals surface area contributed by atoms with Gasteiger partial charge in [-0.1, -0.05) is 0 Å². The third-order valence-corrected chi connectivity index (χ3v) is 4.80. The molecular weight excluding hydrogens is 386 g/mol. The number of carbonyl (C=O) groups is 1. The summed E-state index contributed by atoms with van der Waals surface area (Å²) < 4.78 is 3.72. The summed E-state index contributed by atoms with van der Waals surface area (Å²) in [5, 5.41) is 2.83. The number of amides is 1. The van der Waals surface area contributed by atoms with E-state index in [-0.39, 0.29) is 23.6 Å². The molecule has 10 nitrogen and oxygen atoms in total. The van der Waals surface area contributed by atoms with Gasteiger partial charge in [-0.25, -0.2) is 9.78 Å². The Morgan fingerprint density at radius 2 is 1.93 bits per heavy atom. The van der Waals surface area contributed by atoms with E-state index in [1.54, 1.807) is 18.6 Å². The van der Waals surface area contributed by atoms with Crippen LogP contribution in [0.2, 0.25) is 0 Å². The molecule has 10 heteroatoms. The van der Waals surface area contributed by atoms with Crippen LogP contribution in [-0.4, -0.2) is 34.6 Å². The van der Waals surface area contributed by atoms with Crippen molar-refractivity contribution in [2.24, 2.45) is 14.1 Å². The Morgan fingerprint density at radius 1 is 1.10 bits per heavy atom. The number of nitrogens with one attached hydrogen (secondary N) is 1. The summed E-state index contributed by atoms with van der Waals surface area (Å²) in [6.45, 7) is 0.211. The first-order valence-corrected chi connectivity index (χ1v) is 9.18. The predicted octanol–water partition coefficient (Wildman–Crippen LogP) is 0.207. The quantitative estimate of drug-likeness (QED) is 0.507. The van der Waals surface area contributed by atoms with Crippen LogP contribution in [0.15, 0.2) is 58.8 Å². The van der Waals surface area contributed by atoms with Crippen LogP contribution in [0.5, 0.6) is 0 Å². The van der Waals surface area contributed by atoms with E-state index < -0.39 is 11.2 Å². The minimum Gasteiger partial charge on any atom is -0.350 e. The number of pyridine rings is 2. The summed E-state index contributed by atoms with van der Waals surface area (Å²) in [5.74, 6) is -0.287. The normalized spacial score (nSPS) is 11.0.